The zero-order valence-electron chi connectivity index (χ0n) is 9.81. The lowest BCUT2D eigenvalue weighted by atomic mass is 9.85. The number of nitrogens with one attached hydrogen (secondary N) is 1. The van der Waals surface area contributed by atoms with Gasteiger partial charge in [0.2, 0.25) is 5.91 Å². The summed E-state index contributed by atoms with van der Waals surface area (Å²) < 4.78 is 1.94. The van der Waals surface area contributed by atoms with Crippen molar-refractivity contribution < 1.29 is 4.79 Å². The molecule has 1 amide bonds. The Morgan fingerprint density at radius 3 is 2.94 bits per heavy atom. The lowest BCUT2D eigenvalue weighted by molar-refractivity contribution is -0.122. The molecule has 2 aromatic rings. The van der Waals surface area contributed by atoms with E-state index in [1.807, 2.05) is 35.9 Å². The highest BCUT2D eigenvalue weighted by atomic mass is 16.1. The second-order valence-corrected chi connectivity index (χ2v) is 4.68. The van der Waals surface area contributed by atoms with Gasteiger partial charge in [-0.15, -0.1) is 0 Å². The molecule has 1 saturated carbocycles. The number of pyridine rings is 1. The molecule has 0 saturated heterocycles. The maximum absolute atomic E-state index is 11.8. The van der Waals surface area contributed by atoms with E-state index in [9.17, 15) is 4.79 Å². The Labute approximate surface area is 99.7 Å². The first kappa shape index (κ1) is 10.3. The van der Waals surface area contributed by atoms with Crippen molar-refractivity contribution in [2.75, 3.05) is 5.32 Å². The topological polar surface area (TPSA) is 46.4 Å². The van der Waals surface area contributed by atoms with Crippen LogP contribution >= 0.6 is 0 Å². The van der Waals surface area contributed by atoms with Crippen molar-refractivity contribution in [2.24, 2.45) is 5.92 Å². The fourth-order valence-corrected chi connectivity index (χ4v) is 2.11. The van der Waals surface area contributed by atoms with E-state index in [0.717, 1.165) is 29.9 Å². The smallest absolute Gasteiger partial charge is 0.227 e. The first-order valence-electron chi connectivity index (χ1n) is 5.98. The van der Waals surface area contributed by atoms with E-state index in [1.54, 1.807) is 0 Å². The molecule has 1 N–H and O–H groups in total. The van der Waals surface area contributed by atoms with Crippen LogP contribution in [0.4, 0.5) is 5.69 Å². The maximum atomic E-state index is 11.8. The van der Waals surface area contributed by atoms with Crippen LogP contribution in [0.2, 0.25) is 0 Å². The van der Waals surface area contributed by atoms with E-state index in [-0.39, 0.29) is 11.8 Å². The van der Waals surface area contributed by atoms with Gasteiger partial charge in [-0.1, -0.05) is 6.42 Å². The summed E-state index contributed by atoms with van der Waals surface area (Å²) in [5.74, 6) is 0.364. The van der Waals surface area contributed by atoms with Gasteiger partial charge in [-0.05, 0) is 31.9 Å². The Kier molecular flexibility index (Phi) is 2.35. The van der Waals surface area contributed by atoms with Crippen LogP contribution in [0.25, 0.3) is 5.65 Å². The number of imidazole rings is 1. The molecule has 1 aliphatic carbocycles. The SMILES string of the molecule is Cc1cn2cc(NC(=O)C3CCC3)ccc2n1. The Balaban J connectivity index is 1.82. The summed E-state index contributed by atoms with van der Waals surface area (Å²) >= 11 is 0. The predicted octanol–water partition coefficient (Wildman–Crippen LogP) is 2.38. The Morgan fingerprint density at radius 2 is 2.24 bits per heavy atom. The highest BCUT2D eigenvalue weighted by Crippen LogP contribution is 2.27. The van der Waals surface area contributed by atoms with Gasteiger partial charge in [0, 0.05) is 18.3 Å². The maximum Gasteiger partial charge on any atom is 0.227 e. The van der Waals surface area contributed by atoms with Crippen LogP contribution < -0.4 is 5.32 Å². The summed E-state index contributed by atoms with van der Waals surface area (Å²) in [7, 11) is 0. The molecule has 0 spiro atoms. The van der Waals surface area contributed by atoms with Crippen molar-refractivity contribution in [3.63, 3.8) is 0 Å². The number of amides is 1. The van der Waals surface area contributed by atoms with Gasteiger partial charge in [-0.25, -0.2) is 4.98 Å². The Morgan fingerprint density at radius 1 is 1.41 bits per heavy atom. The van der Waals surface area contributed by atoms with Crippen molar-refractivity contribution in [1.29, 1.82) is 0 Å². The molecule has 88 valence electrons. The molecule has 0 radical (unpaired) electrons. The van der Waals surface area contributed by atoms with Gasteiger partial charge in [-0.3, -0.25) is 4.79 Å². The summed E-state index contributed by atoms with van der Waals surface area (Å²) in [5.41, 5.74) is 2.73. The zero-order valence-corrected chi connectivity index (χ0v) is 9.81. The van der Waals surface area contributed by atoms with E-state index >= 15 is 0 Å². The molecular formula is C13H15N3O. The molecular weight excluding hydrogens is 214 g/mol. The molecule has 0 unspecified atom stereocenters. The van der Waals surface area contributed by atoms with Crippen molar-refractivity contribution >= 4 is 17.2 Å². The normalized spacial score (nSPS) is 15.8. The number of anilines is 1. The number of aryl methyl sites for hydroxylation is 1. The standard InChI is InChI=1S/C13H15N3O/c1-9-7-16-8-11(5-6-12(16)14-9)15-13(17)10-3-2-4-10/h5-8,10H,2-4H2,1H3,(H,15,17). The summed E-state index contributed by atoms with van der Waals surface area (Å²) in [5, 5.41) is 2.96. The molecule has 0 aromatic carbocycles. The third-order valence-electron chi connectivity index (χ3n) is 3.31. The summed E-state index contributed by atoms with van der Waals surface area (Å²) in [4.78, 5) is 16.1. The average Bonchev–Trinajstić information content (AvgIpc) is 2.54. The largest absolute Gasteiger partial charge is 0.325 e. The fourth-order valence-electron chi connectivity index (χ4n) is 2.11. The van der Waals surface area contributed by atoms with Gasteiger partial charge in [0.25, 0.3) is 0 Å². The van der Waals surface area contributed by atoms with E-state index in [0.29, 0.717) is 0 Å². The molecule has 0 bridgehead atoms. The highest BCUT2D eigenvalue weighted by Gasteiger charge is 2.25. The van der Waals surface area contributed by atoms with Crippen molar-refractivity contribution in [3.8, 4) is 0 Å². The molecule has 0 aliphatic heterocycles. The third kappa shape index (κ3) is 1.90. The first-order valence-corrected chi connectivity index (χ1v) is 5.98. The monoisotopic (exact) mass is 229 g/mol. The van der Waals surface area contributed by atoms with Crippen LogP contribution in [0.5, 0.6) is 0 Å². The molecule has 4 heteroatoms. The van der Waals surface area contributed by atoms with Gasteiger partial charge in [0.05, 0.1) is 11.4 Å². The van der Waals surface area contributed by atoms with Crippen LogP contribution in [0.3, 0.4) is 0 Å². The van der Waals surface area contributed by atoms with Gasteiger partial charge in [0.15, 0.2) is 0 Å². The van der Waals surface area contributed by atoms with Crippen molar-refractivity contribution in [2.45, 2.75) is 26.2 Å². The highest BCUT2D eigenvalue weighted by molar-refractivity contribution is 5.93. The van der Waals surface area contributed by atoms with Gasteiger partial charge >= 0.3 is 0 Å². The van der Waals surface area contributed by atoms with Gasteiger partial charge < -0.3 is 9.72 Å². The molecule has 0 atom stereocenters. The van der Waals surface area contributed by atoms with E-state index in [4.69, 9.17) is 0 Å². The van der Waals surface area contributed by atoms with Gasteiger partial charge in [-0.2, -0.15) is 0 Å². The van der Waals surface area contributed by atoms with Gasteiger partial charge in [0.1, 0.15) is 5.65 Å². The van der Waals surface area contributed by atoms with E-state index in [2.05, 4.69) is 10.3 Å². The number of hydrogen-bond donors (Lipinski definition) is 1. The predicted molar refractivity (Wildman–Crippen MR) is 65.9 cm³/mol. The van der Waals surface area contributed by atoms with Crippen LogP contribution in [-0.4, -0.2) is 15.3 Å². The lowest BCUT2D eigenvalue weighted by Crippen LogP contribution is -2.28. The summed E-state index contributed by atoms with van der Waals surface area (Å²) in [6, 6.07) is 3.82. The fraction of sp³-hybridized carbons (Fsp3) is 0.385. The summed E-state index contributed by atoms with van der Waals surface area (Å²) in [6.45, 7) is 1.96. The molecule has 4 nitrogen and oxygen atoms in total. The second kappa shape index (κ2) is 3.87. The molecule has 3 rings (SSSR count). The molecule has 17 heavy (non-hydrogen) atoms. The van der Waals surface area contributed by atoms with E-state index < -0.39 is 0 Å². The third-order valence-corrected chi connectivity index (χ3v) is 3.31. The zero-order chi connectivity index (χ0) is 11.8. The molecule has 2 aromatic heterocycles. The number of hydrogen-bond acceptors (Lipinski definition) is 2. The van der Waals surface area contributed by atoms with Crippen LogP contribution in [0.15, 0.2) is 24.5 Å². The quantitative estimate of drug-likeness (QED) is 0.859. The Bertz CT molecular complexity index is 569. The van der Waals surface area contributed by atoms with Crippen molar-refractivity contribution in [1.82, 2.24) is 9.38 Å². The number of carbonyl (C=O) groups is 1. The number of aromatic nitrogens is 2. The number of rotatable bonds is 2. The summed E-state index contributed by atoms with van der Waals surface area (Å²) in [6.07, 6.45) is 7.09. The minimum Gasteiger partial charge on any atom is -0.325 e. The molecule has 2 heterocycles. The lowest BCUT2D eigenvalue weighted by Gasteiger charge is -2.23. The number of nitrogens with zero attached hydrogens (tertiary/aromatic N) is 2. The first-order chi connectivity index (χ1) is 8.22. The molecule has 1 aliphatic rings. The van der Waals surface area contributed by atoms with Crippen LogP contribution in [0, 0.1) is 12.8 Å². The van der Waals surface area contributed by atoms with Crippen LogP contribution in [0.1, 0.15) is 25.0 Å². The average molecular weight is 229 g/mol. The number of carbonyl (C=O) groups excluding carboxylic acids is 1. The molecule has 1 fully saturated rings. The minimum atomic E-state index is 0.146. The Hall–Kier alpha value is -1.84. The van der Waals surface area contributed by atoms with E-state index in [1.165, 1.54) is 6.42 Å². The van der Waals surface area contributed by atoms with Crippen LogP contribution in [-0.2, 0) is 4.79 Å². The minimum absolute atomic E-state index is 0.146. The number of fused-ring (bicyclic) bond motifs is 1. The second-order valence-electron chi connectivity index (χ2n) is 4.68. The van der Waals surface area contributed by atoms with Crippen molar-refractivity contribution in [3.05, 3.63) is 30.2 Å².